The molecule has 0 unspecified atom stereocenters. The summed E-state index contributed by atoms with van der Waals surface area (Å²) >= 11 is 0. The van der Waals surface area contributed by atoms with Gasteiger partial charge in [-0.3, -0.25) is 4.79 Å². The van der Waals surface area contributed by atoms with Gasteiger partial charge in [0.25, 0.3) is 5.91 Å². The summed E-state index contributed by atoms with van der Waals surface area (Å²) in [7, 11) is 1.52. The van der Waals surface area contributed by atoms with Crippen LogP contribution in [0, 0.1) is 6.92 Å². The topological polar surface area (TPSA) is 71.9 Å². The lowest BCUT2D eigenvalue weighted by Crippen LogP contribution is -2.56. The van der Waals surface area contributed by atoms with E-state index in [9.17, 15) is 9.90 Å². The Morgan fingerprint density at radius 3 is 2.81 bits per heavy atom. The Bertz CT molecular complexity index is 763. The zero-order valence-corrected chi connectivity index (χ0v) is 15.1. The average molecular weight is 356 g/mol. The maximum Gasteiger partial charge on any atom is 0.254 e. The van der Waals surface area contributed by atoms with Gasteiger partial charge >= 0.3 is 0 Å². The molecule has 6 heteroatoms. The monoisotopic (exact) mass is 356 g/mol. The number of rotatable bonds is 5. The zero-order chi connectivity index (χ0) is 18.6. The van der Waals surface area contributed by atoms with Crippen molar-refractivity contribution in [1.82, 2.24) is 9.88 Å². The average Bonchev–Trinajstić information content (AvgIpc) is 2.69. The van der Waals surface area contributed by atoms with E-state index in [4.69, 9.17) is 9.47 Å². The van der Waals surface area contributed by atoms with Gasteiger partial charge in [0.1, 0.15) is 5.60 Å². The molecule has 0 bridgehead atoms. The summed E-state index contributed by atoms with van der Waals surface area (Å²) in [6, 6.07) is 11.4. The highest BCUT2D eigenvalue weighted by Gasteiger charge is 2.38. The molecule has 2 aromatic rings. The minimum absolute atomic E-state index is 0.115. The van der Waals surface area contributed by atoms with Crippen LogP contribution in [0.3, 0.4) is 0 Å². The molecule has 138 valence electrons. The van der Waals surface area contributed by atoms with Gasteiger partial charge in [-0.2, -0.15) is 0 Å². The number of aromatic nitrogens is 1. The van der Waals surface area contributed by atoms with Crippen LogP contribution in [0.5, 0.6) is 5.88 Å². The fourth-order valence-electron chi connectivity index (χ4n) is 3.19. The Morgan fingerprint density at radius 2 is 2.12 bits per heavy atom. The summed E-state index contributed by atoms with van der Waals surface area (Å²) in [6.45, 7) is 3.09. The Labute approximate surface area is 153 Å². The molecule has 0 aliphatic carbocycles. The molecule has 1 amide bonds. The van der Waals surface area contributed by atoms with Crippen LogP contribution >= 0.6 is 0 Å². The summed E-state index contributed by atoms with van der Waals surface area (Å²) in [4.78, 5) is 18.6. The number of carbonyl (C=O) groups excluding carboxylic acids is 1. The first kappa shape index (κ1) is 18.4. The zero-order valence-electron chi connectivity index (χ0n) is 15.1. The number of pyridine rings is 1. The fraction of sp³-hybridized carbons (Fsp3) is 0.400. The van der Waals surface area contributed by atoms with Gasteiger partial charge in [0, 0.05) is 30.8 Å². The number of hydrogen-bond donors (Lipinski definition) is 1. The van der Waals surface area contributed by atoms with E-state index < -0.39 is 5.60 Å². The number of benzene rings is 1. The van der Waals surface area contributed by atoms with Crippen LogP contribution in [0.25, 0.3) is 0 Å². The van der Waals surface area contributed by atoms with E-state index in [0.29, 0.717) is 37.6 Å². The van der Waals surface area contributed by atoms with Crippen molar-refractivity contribution in [2.24, 2.45) is 0 Å². The van der Waals surface area contributed by atoms with Crippen LogP contribution < -0.4 is 4.74 Å². The highest BCUT2D eigenvalue weighted by Crippen LogP contribution is 2.25. The molecule has 1 aromatic carbocycles. The fourth-order valence-corrected chi connectivity index (χ4v) is 3.19. The van der Waals surface area contributed by atoms with Crippen molar-refractivity contribution in [3.8, 4) is 5.88 Å². The molecular weight excluding hydrogens is 332 g/mol. The minimum Gasteiger partial charge on any atom is -0.481 e. The van der Waals surface area contributed by atoms with Crippen molar-refractivity contribution < 1.29 is 19.4 Å². The Hall–Kier alpha value is -2.44. The van der Waals surface area contributed by atoms with Crippen molar-refractivity contribution in [3.63, 3.8) is 0 Å². The first-order valence-corrected chi connectivity index (χ1v) is 8.65. The van der Waals surface area contributed by atoms with Crippen LogP contribution in [0.1, 0.15) is 21.5 Å². The number of carbonyl (C=O) groups is 1. The van der Waals surface area contributed by atoms with Crippen molar-refractivity contribution >= 4 is 5.91 Å². The molecule has 1 N–H and O–H groups in total. The van der Waals surface area contributed by atoms with Crippen molar-refractivity contribution in [3.05, 3.63) is 59.3 Å². The quantitative estimate of drug-likeness (QED) is 0.885. The molecular formula is C20H24N2O4. The summed E-state index contributed by atoms with van der Waals surface area (Å²) in [5.74, 6) is 0.285. The molecule has 1 aromatic heterocycles. The molecule has 1 aliphatic rings. The van der Waals surface area contributed by atoms with Crippen molar-refractivity contribution in [2.45, 2.75) is 18.9 Å². The smallest absolute Gasteiger partial charge is 0.254 e. The molecule has 1 atom stereocenters. The second kappa shape index (κ2) is 7.85. The van der Waals surface area contributed by atoms with Crippen LogP contribution in [0.4, 0.5) is 0 Å². The summed E-state index contributed by atoms with van der Waals surface area (Å²) in [5, 5.41) is 10.0. The normalized spacial score (nSPS) is 20.0. The lowest BCUT2D eigenvalue weighted by Gasteiger charge is -2.42. The minimum atomic E-state index is -0.791. The van der Waals surface area contributed by atoms with Gasteiger partial charge in [-0.1, -0.05) is 29.8 Å². The standard InChI is InChI=1S/C20H24N2O4/c1-15-3-5-16(6-4-15)12-20(14-23)13-22(9-10-26-20)19(24)17-7-8-21-18(11-17)25-2/h3-8,11,23H,9-10,12-14H2,1-2H3/t20-/m0/s1. The predicted molar refractivity (Wildman–Crippen MR) is 97.3 cm³/mol. The number of ether oxygens (including phenoxy) is 2. The van der Waals surface area contributed by atoms with Crippen LogP contribution in [-0.4, -0.2) is 59.9 Å². The maximum atomic E-state index is 12.9. The van der Waals surface area contributed by atoms with Crippen molar-refractivity contribution in [1.29, 1.82) is 0 Å². The maximum absolute atomic E-state index is 12.9. The highest BCUT2D eigenvalue weighted by atomic mass is 16.5. The highest BCUT2D eigenvalue weighted by molar-refractivity contribution is 5.94. The largest absolute Gasteiger partial charge is 0.481 e. The summed E-state index contributed by atoms with van der Waals surface area (Å²) in [6.07, 6.45) is 2.10. The second-order valence-electron chi connectivity index (χ2n) is 6.67. The van der Waals surface area contributed by atoms with Crippen molar-refractivity contribution in [2.75, 3.05) is 33.4 Å². The number of nitrogens with zero attached hydrogens (tertiary/aromatic N) is 2. The number of amides is 1. The molecule has 1 aliphatic heterocycles. The first-order valence-electron chi connectivity index (χ1n) is 8.65. The molecule has 1 fully saturated rings. The Balaban J connectivity index is 1.77. The Kier molecular flexibility index (Phi) is 5.54. The predicted octanol–water partition coefficient (Wildman–Crippen LogP) is 1.84. The van der Waals surface area contributed by atoms with E-state index in [1.807, 2.05) is 31.2 Å². The summed E-state index contributed by atoms with van der Waals surface area (Å²) < 4.78 is 11.0. The molecule has 0 saturated carbocycles. The lowest BCUT2D eigenvalue weighted by molar-refractivity contribution is -0.123. The van der Waals surface area contributed by atoms with Crippen LogP contribution in [0.2, 0.25) is 0 Å². The van der Waals surface area contributed by atoms with Gasteiger partial charge in [0.15, 0.2) is 0 Å². The molecule has 1 saturated heterocycles. The number of aryl methyl sites for hydroxylation is 1. The summed E-state index contributed by atoms with van der Waals surface area (Å²) in [5.41, 5.74) is 1.98. The number of morpholine rings is 1. The molecule has 0 radical (unpaired) electrons. The third-order valence-corrected chi connectivity index (χ3v) is 4.66. The van der Waals surface area contributed by atoms with Crippen LogP contribution in [0.15, 0.2) is 42.6 Å². The number of aliphatic hydroxyl groups is 1. The molecule has 0 spiro atoms. The van der Waals surface area contributed by atoms with Crippen LogP contribution in [-0.2, 0) is 11.2 Å². The van der Waals surface area contributed by atoms with Gasteiger partial charge in [-0.05, 0) is 18.6 Å². The van der Waals surface area contributed by atoms with E-state index >= 15 is 0 Å². The van der Waals surface area contributed by atoms with Gasteiger partial charge in [0.05, 0.1) is 26.9 Å². The number of hydrogen-bond acceptors (Lipinski definition) is 5. The number of aliphatic hydroxyl groups excluding tert-OH is 1. The molecule has 6 nitrogen and oxygen atoms in total. The second-order valence-corrected chi connectivity index (χ2v) is 6.67. The van der Waals surface area contributed by atoms with E-state index in [1.54, 1.807) is 23.2 Å². The van der Waals surface area contributed by atoms with E-state index in [2.05, 4.69) is 4.98 Å². The van der Waals surface area contributed by atoms with Gasteiger partial charge in [0.2, 0.25) is 5.88 Å². The van der Waals surface area contributed by atoms with Gasteiger partial charge < -0.3 is 19.5 Å². The molecule has 26 heavy (non-hydrogen) atoms. The number of methoxy groups -OCH3 is 1. The molecule has 3 rings (SSSR count). The van der Waals surface area contributed by atoms with E-state index in [1.165, 1.54) is 12.7 Å². The third kappa shape index (κ3) is 4.03. The SMILES string of the molecule is COc1cc(C(=O)N2CCO[C@@](CO)(Cc3ccc(C)cc3)C2)ccn1. The third-order valence-electron chi connectivity index (χ3n) is 4.66. The Morgan fingerprint density at radius 1 is 1.35 bits per heavy atom. The van der Waals surface area contributed by atoms with Gasteiger partial charge in [-0.15, -0.1) is 0 Å². The van der Waals surface area contributed by atoms with E-state index in [-0.39, 0.29) is 12.5 Å². The molecule has 2 heterocycles. The van der Waals surface area contributed by atoms with Gasteiger partial charge in [-0.25, -0.2) is 4.98 Å². The van der Waals surface area contributed by atoms with E-state index in [0.717, 1.165) is 5.56 Å². The first-order chi connectivity index (χ1) is 12.5. The lowest BCUT2D eigenvalue weighted by atomic mass is 9.92.